The molecule has 0 spiro atoms. The van der Waals surface area contributed by atoms with Crippen LogP contribution in [0.3, 0.4) is 0 Å². The summed E-state index contributed by atoms with van der Waals surface area (Å²) in [6, 6.07) is 7.04. The van der Waals surface area contributed by atoms with Crippen LogP contribution in [0.1, 0.15) is 12.8 Å². The molecule has 0 aromatic heterocycles. The molecule has 0 bridgehead atoms. The Bertz CT molecular complexity index is 403. The fourth-order valence-corrected chi connectivity index (χ4v) is 1.79. The molecule has 92 valence electrons. The lowest BCUT2D eigenvalue weighted by Crippen LogP contribution is -2.41. The van der Waals surface area contributed by atoms with E-state index in [0.29, 0.717) is 23.1 Å². The highest BCUT2D eigenvalue weighted by atomic mass is 35.5. The van der Waals surface area contributed by atoms with E-state index in [1.54, 1.807) is 24.3 Å². The van der Waals surface area contributed by atoms with Crippen molar-refractivity contribution < 1.29 is 9.53 Å². The number of benzene rings is 1. The molecule has 0 unspecified atom stereocenters. The van der Waals surface area contributed by atoms with Crippen molar-refractivity contribution in [3.63, 3.8) is 0 Å². The summed E-state index contributed by atoms with van der Waals surface area (Å²) in [4.78, 5) is 11.9. The van der Waals surface area contributed by atoms with E-state index in [9.17, 15) is 4.79 Å². The summed E-state index contributed by atoms with van der Waals surface area (Å²) >= 11 is 9.84. The summed E-state index contributed by atoms with van der Waals surface area (Å²) in [5.41, 5.74) is -0.670. The van der Waals surface area contributed by atoms with Gasteiger partial charge in [0.15, 0.2) is 5.60 Å². The van der Waals surface area contributed by atoms with Gasteiger partial charge in [-0.2, -0.15) is 12.6 Å². The molecule has 0 atom stereocenters. The normalized spacial score (nSPS) is 16.4. The molecule has 1 saturated carbocycles. The zero-order valence-corrected chi connectivity index (χ0v) is 10.9. The first-order valence-electron chi connectivity index (χ1n) is 5.50. The van der Waals surface area contributed by atoms with E-state index >= 15 is 0 Å². The molecule has 5 heteroatoms. The van der Waals surface area contributed by atoms with Gasteiger partial charge in [-0.3, -0.25) is 4.79 Å². The van der Waals surface area contributed by atoms with Gasteiger partial charge in [-0.1, -0.05) is 11.6 Å². The van der Waals surface area contributed by atoms with Crippen molar-refractivity contribution in [1.29, 1.82) is 0 Å². The van der Waals surface area contributed by atoms with Gasteiger partial charge in [0.2, 0.25) is 0 Å². The SMILES string of the molecule is O=C(NCCS)C1(Oc2ccc(Cl)cc2)CC1. The lowest BCUT2D eigenvalue weighted by atomic mass is 10.3. The Hall–Kier alpha value is -0.870. The van der Waals surface area contributed by atoms with Gasteiger partial charge in [-0.05, 0) is 24.3 Å². The van der Waals surface area contributed by atoms with Crippen LogP contribution >= 0.6 is 24.2 Å². The van der Waals surface area contributed by atoms with Crippen LogP contribution < -0.4 is 10.1 Å². The van der Waals surface area contributed by atoms with Gasteiger partial charge in [-0.25, -0.2) is 0 Å². The summed E-state index contributed by atoms with van der Waals surface area (Å²) in [5.74, 6) is 1.25. The Labute approximate surface area is 111 Å². The second kappa shape index (κ2) is 5.19. The number of nitrogens with one attached hydrogen (secondary N) is 1. The number of carbonyl (C=O) groups is 1. The van der Waals surface area contributed by atoms with Crippen molar-refractivity contribution in [2.24, 2.45) is 0 Å². The lowest BCUT2D eigenvalue weighted by molar-refractivity contribution is -0.129. The van der Waals surface area contributed by atoms with Crippen LogP contribution in [0.4, 0.5) is 0 Å². The van der Waals surface area contributed by atoms with Crippen molar-refractivity contribution in [1.82, 2.24) is 5.32 Å². The molecule has 1 aliphatic rings. The second-order valence-corrected chi connectivity index (χ2v) is 4.91. The van der Waals surface area contributed by atoms with Crippen molar-refractivity contribution in [2.45, 2.75) is 18.4 Å². The van der Waals surface area contributed by atoms with Crippen LogP contribution in [0.25, 0.3) is 0 Å². The van der Waals surface area contributed by atoms with E-state index in [1.807, 2.05) is 0 Å². The summed E-state index contributed by atoms with van der Waals surface area (Å²) < 4.78 is 5.73. The van der Waals surface area contributed by atoms with Crippen molar-refractivity contribution in [2.75, 3.05) is 12.3 Å². The first-order chi connectivity index (χ1) is 8.16. The smallest absolute Gasteiger partial charge is 0.264 e. The van der Waals surface area contributed by atoms with Crippen LogP contribution in [-0.4, -0.2) is 23.8 Å². The zero-order valence-electron chi connectivity index (χ0n) is 9.28. The third-order valence-electron chi connectivity index (χ3n) is 2.64. The Morgan fingerprint density at radius 1 is 1.41 bits per heavy atom. The highest BCUT2D eigenvalue weighted by molar-refractivity contribution is 7.80. The van der Waals surface area contributed by atoms with E-state index in [2.05, 4.69) is 17.9 Å². The van der Waals surface area contributed by atoms with Crippen LogP contribution in [0, 0.1) is 0 Å². The standard InChI is InChI=1S/C12H14ClNO2S/c13-9-1-3-10(4-2-9)16-12(5-6-12)11(15)14-7-8-17/h1-4,17H,5-8H2,(H,14,15). The number of rotatable bonds is 5. The van der Waals surface area contributed by atoms with Crippen molar-refractivity contribution in [3.05, 3.63) is 29.3 Å². The van der Waals surface area contributed by atoms with Crippen LogP contribution in [-0.2, 0) is 4.79 Å². The summed E-state index contributed by atoms with van der Waals surface area (Å²) in [7, 11) is 0. The Morgan fingerprint density at radius 3 is 2.59 bits per heavy atom. The molecule has 1 aromatic rings. The third kappa shape index (κ3) is 3.07. The molecule has 1 aliphatic carbocycles. The minimum absolute atomic E-state index is 0.0542. The van der Waals surface area contributed by atoms with Gasteiger partial charge in [0.1, 0.15) is 5.75 Å². The Kier molecular flexibility index (Phi) is 3.84. The van der Waals surface area contributed by atoms with Gasteiger partial charge >= 0.3 is 0 Å². The summed E-state index contributed by atoms with van der Waals surface area (Å²) in [6.07, 6.45) is 1.52. The molecule has 2 rings (SSSR count). The van der Waals surface area contributed by atoms with E-state index in [0.717, 1.165) is 12.8 Å². The number of amides is 1. The Balaban J connectivity index is 1.98. The number of thiol groups is 1. The van der Waals surface area contributed by atoms with Gasteiger partial charge in [0.05, 0.1) is 0 Å². The molecule has 1 N–H and O–H groups in total. The Morgan fingerprint density at radius 2 is 2.06 bits per heavy atom. The minimum Gasteiger partial charge on any atom is -0.477 e. The molecule has 0 radical (unpaired) electrons. The number of halogens is 1. The fourth-order valence-electron chi connectivity index (χ4n) is 1.55. The quantitative estimate of drug-likeness (QED) is 0.807. The van der Waals surface area contributed by atoms with E-state index in [1.165, 1.54) is 0 Å². The predicted octanol–water partition coefficient (Wildman–Crippen LogP) is 2.30. The third-order valence-corrected chi connectivity index (χ3v) is 3.12. The predicted molar refractivity (Wildman–Crippen MR) is 70.9 cm³/mol. The molecule has 0 saturated heterocycles. The lowest BCUT2D eigenvalue weighted by Gasteiger charge is -2.17. The van der Waals surface area contributed by atoms with Crippen LogP contribution in [0.15, 0.2) is 24.3 Å². The van der Waals surface area contributed by atoms with Gasteiger partial charge in [-0.15, -0.1) is 0 Å². The first-order valence-corrected chi connectivity index (χ1v) is 6.51. The number of hydrogen-bond donors (Lipinski definition) is 2. The molecule has 1 fully saturated rings. The topological polar surface area (TPSA) is 38.3 Å². The maximum atomic E-state index is 11.9. The molecular weight excluding hydrogens is 258 g/mol. The average molecular weight is 272 g/mol. The molecular formula is C12H14ClNO2S. The highest BCUT2D eigenvalue weighted by Gasteiger charge is 2.52. The maximum Gasteiger partial charge on any atom is 0.264 e. The number of carbonyl (C=O) groups excluding carboxylic acids is 1. The largest absolute Gasteiger partial charge is 0.477 e. The summed E-state index contributed by atoms with van der Waals surface area (Å²) in [6.45, 7) is 0.563. The van der Waals surface area contributed by atoms with Crippen LogP contribution in [0.5, 0.6) is 5.75 Å². The van der Waals surface area contributed by atoms with Gasteiger partial charge < -0.3 is 10.1 Å². The average Bonchev–Trinajstić information content (AvgIpc) is 3.10. The number of hydrogen-bond acceptors (Lipinski definition) is 3. The van der Waals surface area contributed by atoms with Gasteiger partial charge in [0.25, 0.3) is 5.91 Å². The van der Waals surface area contributed by atoms with Gasteiger partial charge in [0, 0.05) is 30.2 Å². The maximum absolute atomic E-state index is 11.9. The van der Waals surface area contributed by atoms with E-state index in [4.69, 9.17) is 16.3 Å². The second-order valence-electron chi connectivity index (χ2n) is 4.03. The molecule has 17 heavy (non-hydrogen) atoms. The molecule has 1 aromatic carbocycles. The zero-order chi connectivity index (χ0) is 12.3. The highest BCUT2D eigenvalue weighted by Crippen LogP contribution is 2.40. The fraction of sp³-hybridized carbons (Fsp3) is 0.417. The minimum atomic E-state index is -0.670. The molecule has 1 amide bonds. The van der Waals surface area contributed by atoms with Crippen LogP contribution in [0.2, 0.25) is 5.02 Å². The van der Waals surface area contributed by atoms with E-state index in [-0.39, 0.29) is 5.91 Å². The van der Waals surface area contributed by atoms with E-state index < -0.39 is 5.60 Å². The summed E-state index contributed by atoms with van der Waals surface area (Å²) in [5, 5.41) is 3.45. The van der Waals surface area contributed by atoms with Crippen molar-refractivity contribution in [3.8, 4) is 5.75 Å². The van der Waals surface area contributed by atoms with Crippen molar-refractivity contribution >= 4 is 30.1 Å². The first kappa shape index (κ1) is 12.6. The molecule has 0 heterocycles. The number of ether oxygens (including phenoxy) is 1. The molecule has 3 nitrogen and oxygen atoms in total. The monoisotopic (exact) mass is 271 g/mol. The molecule has 0 aliphatic heterocycles.